The molecular formula is C16H16N4O3S. The van der Waals surface area contributed by atoms with Gasteiger partial charge in [0.25, 0.3) is 5.69 Å². The first-order chi connectivity index (χ1) is 11.6. The Balaban J connectivity index is 2.12. The van der Waals surface area contributed by atoms with E-state index in [1.165, 1.54) is 23.7 Å². The molecule has 0 saturated carbocycles. The van der Waals surface area contributed by atoms with Crippen molar-refractivity contribution in [2.45, 2.75) is 19.4 Å². The van der Waals surface area contributed by atoms with E-state index in [0.29, 0.717) is 5.82 Å². The number of non-ortho nitro benzene ring substituents is 1. The standard InChI is InChI=1S/C16H16N4O3S/c1-2-11(7-21)19-15-14-13(8-24-16(14)18-9-17-15)10-4-3-5-12(6-10)20(22)23/h3-6,8-9,11,21H,2,7H2,1H3,(H,17,18,19). The molecule has 8 heteroatoms. The first-order valence-electron chi connectivity index (χ1n) is 7.48. The quantitative estimate of drug-likeness (QED) is 0.524. The van der Waals surface area contributed by atoms with Gasteiger partial charge in [-0.1, -0.05) is 19.1 Å². The normalized spacial score (nSPS) is 12.2. The zero-order valence-corrected chi connectivity index (χ0v) is 13.8. The summed E-state index contributed by atoms with van der Waals surface area (Å²) in [5.41, 5.74) is 1.62. The summed E-state index contributed by atoms with van der Waals surface area (Å²) in [6.07, 6.45) is 2.22. The van der Waals surface area contributed by atoms with Crippen LogP contribution in [0.25, 0.3) is 21.3 Å². The van der Waals surface area contributed by atoms with Crippen LogP contribution in [0, 0.1) is 10.1 Å². The number of fused-ring (bicyclic) bond motifs is 1. The van der Waals surface area contributed by atoms with Crippen LogP contribution in [-0.2, 0) is 0 Å². The number of anilines is 1. The van der Waals surface area contributed by atoms with Crippen LogP contribution >= 0.6 is 11.3 Å². The maximum Gasteiger partial charge on any atom is 0.270 e. The van der Waals surface area contributed by atoms with E-state index in [4.69, 9.17) is 0 Å². The second-order valence-electron chi connectivity index (χ2n) is 5.29. The molecule has 0 amide bonds. The number of hydrogen-bond donors (Lipinski definition) is 2. The Morgan fingerprint density at radius 3 is 2.96 bits per heavy atom. The zero-order valence-electron chi connectivity index (χ0n) is 13.0. The van der Waals surface area contributed by atoms with E-state index in [1.54, 1.807) is 12.1 Å². The van der Waals surface area contributed by atoms with Crippen molar-refractivity contribution in [1.82, 2.24) is 9.97 Å². The van der Waals surface area contributed by atoms with Crippen molar-refractivity contribution in [3.63, 3.8) is 0 Å². The number of nitrogens with one attached hydrogen (secondary N) is 1. The van der Waals surface area contributed by atoms with Gasteiger partial charge in [0.2, 0.25) is 0 Å². The molecule has 0 bridgehead atoms. The molecule has 1 atom stereocenters. The van der Waals surface area contributed by atoms with E-state index in [0.717, 1.165) is 27.8 Å². The summed E-state index contributed by atoms with van der Waals surface area (Å²) in [6.45, 7) is 1.97. The molecule has 124 valence electrons. The highest BCUT2D eigenvalue weighted by Crippen LogP contribution is 2.37. The number of thiophene rings is 1. The van der Waals surface area contributed by atoms with Crippen LogP contribution in [0.15, 0.2) is 36.0 Å². The van der Waals surface area contributed by atoms with Gasteiger partial charge in [-0.3, -0.25) is 10.1 Å². The average molecular weight is 344 g/mol. The van der Waals surface area contributed by atoms with Crippen molar-refractivity contribution in [3.8, 4) is 11.1 Å². The van der Waals surface area contributed by atoms with Crippen LogP contribution in [0.1, 0.15) is 13.3 Å². The third-order valence-corrected chi connectivity index (χ3v) is 4.68. The molecule has 0 fully saturated rings. The van der Waals surface area contributed by atoms with Gasteiger partial charge in [-0.05, 0) is 12.0 Å². The van der Waals surface area contributed by atoms with E-state index in [1.807, 2.05) is 18.4 Å². The first kappa shape index (κ1) is 16.3. The predicted octanol–water partition coefficient (Wildman–Crippen LogP) is 3.45. The Kier molecular flexibility index (Phi) is 4.68. The lowest BCUT2D eigenvalue weighted by molar-refractivity contribution is -0.384. The second-order valence-corrected chi connectivity index (χ2v) is 6.15. The molecule has 0 aliphatic heterocycles. The van der Waals surface area contributed by atoms with Crippen LogP contribution in [0.3, 0.4) is 0 Å². The Labute approximate surface area is 142 Å². The van der Waals surface area contributed by atoms with Crippen molar-refractivity contribution in [2.24, 2.45) is 0 Å². The Hall–Kier alpha value is -2.58. The summed E-state index contributed by atoms with van der Waals surface area (Å²) in [5, 5.41) is 26.4. The minimum Gasteiger partial charge on any atom is -0.394 e. The van der Waals surface area contributed by atoms with Crippen molar-refractivity contribution >= 4 is 33.1 Å². The highest BCUT2D eigenvalue weighted by atomic mass is 32.1. The van der Waals surface area contributed by atoms with Gasteiger partial charge in [-0.2, -0.15) is 0 Å². The molecule has 2 heterocycles. The number of nitrogens with zero attached hydrogens (tertiary/aromatic N) is 3. The molecule has 1 aromatic carbocycles. The summed E-state index contributed by atoms with van der Waals surface area (Å²) < 4.78 is 0. The first-order valence-corrected chi connectivity index (χ1v) is 8.36. The lowest BCUT2D eigenvalue weighted by Gasteiger charge is -2.15. The lowest BCUT2D eigenvalue weighted by Crippen LogP contribution is -2.23. The molecule has 3 aromatic rings. The molecule has 3 rings (SSSR count). The molecule has 24 heavy (non-hydrogen) atoms. The largest absolute Gasteiger partial charge is 0.394 e. The molecule has 0 spiro atoms. The fraction of sp³-hybridized carbons (Fsp3) is 0.250. The molecule has 7 nitrogen and oxygen atoms in total. The highest BCUT2D eigenvalue weighted by Gasteiger charge is 2.16. The number of rotatable bonds is 6. The molecule has 1 unspecified atom stereocenters. The van der Waals surface area contributed by atoms with Crippen molar-refractivity contribution < 1.29 is 10.0 Å². The van der Waals surface area contributed by atoms with Gasteiger partial charge < -0.3 is 10.4 Å². The van der Waals surface area contributed by atoms with Gasteiger partial charge in [0, 0.05) is 23.1 Å². The number of nitro groups is 1. The second kappa shape index (κ2) is 6.90. The maximum atomic E-state index is 11.0. The minimum absolute atomic E-state index is 0.00171. The smallest absolute Gasteiger partial charge is 0.270 e. The molecule has 0 aliphatic carbocycles. The number of aliphatic hydroxyl groups is 1. The molecular weight excluding hydrogens is 328 g/mol. The lowest BCUT2D eigenvalue weighted by atomic mass is 10.1. The van der Waals surface area contributed by atoms with E-state index in [9.17, 15) is 15.2 Å². The summed E-state index contributed by atoms with van der Waals surface area (Å²) in [5.74, 6) is 0.628. The van der Waals surface area contributed by atoms with Gasteiger partial charge in [0.15, 0.2) is 0 Å². The van der Waals surface area contributed by atoms with Gasteiger partial charge >= 0.3 is 0 Å². The monoisotopic (exact) mass is 344 g/mol. The fourth-order valence-electron chi connectivity index (χ4n) is 2.45. The number of benzene rings is 1. The number of aromatic nitrogens is 2. The summed E-state index contributed by atoms with van der Waals surface area (Å²) in [7, 11) is 0. The predicted molar refractivity (Wildman–Crippen MR) is 94.3 cm³/mol. The van der Waals surface area contributed by atoms with Crippen molar-refractivity contribution in [1.29, 1.82) is 0 Å². The van der Waals surface area contributed by atoms with Crippen LogP contribution < -0.4 is 5.32 Å². The van der Waals surface area contributed by atoms with E-state index < -0.39 is 4.92 Å². The van der Waals surface area contributed by atoms with Crippen LogP contribution in [0.5, 0.6) is 0 Å². The fourth-order valence-corrected chi connectivity index (χ4v) is 3.37. The molecule has 0 saturated heterocycles. The van der Waals surface area contributed by atoms with Crippen molar-refractivity contribution in [3.05, 3.63) is 46.1 Å². The minimum atomic E-state index is -0.410. The van der Waals surface area contributed by atoms with Crippen molar-refractivity contribution in [2.75, 3.05) is 11.9 Å². The third-order valence-electron chi connectivity index (χ3n) is 3.79. The van der Waals surface area contributed by atoms with Gasteiger partial charge in [-0.25, -0.2) is 9.97 Å². The maximum absolute atomic E-state index is 11.0. The third kappa shape index (κ3) is 3.06. The number of aliphatic hydroxyl groups excluding tert-OH is 1. The Morgan fingerprint density at radius 2 is 2.25 bits per heavy atom. The van der Waals surface area contributed by atoms with Gasteiger partial charge in [0.1, 0.15) is 17.0 Å². The highest BCUT2D eigenvalue weighted by molar-refractivity contribution is 7.17. The van der Waals surface area contributed by atoms with Crippen LogP contribution in [0.4, 0.5) is 11.5 Å². The molecule has 2 aromatic heterocycles. The molecule has 0 radical (unpaired) electrons. The zero-order chi connectivity index (χ0) is 17.1. The van der Waals surface area contributed by atoms with Gasteiger partial charge in [0.05, 0.1) is 23.0 Å². The Bertz CT molecular complexity index is 877. The average Bonchev–Trinajstić information content (AvgIpc) is 3.04. The van der Waals surface area contributed by atoms with Crippen LogP contribution in [0.2, 0.25) is 0 Å². The van der Waals surface area contributed by atoms with Gasteiger partial charge in [-0.15, -0.1) is 11.3 Å². The summed E-state index contributed by atoms with van der Waals surface area (Å²) in [4.78, 5) is 20.0. The molecule has 2 N–H and O–H groups in total. The summed E-state index contributed by atoms with van der Waals surface area (Å²) in [6, 6.07) is 6.39. The van der Waals surface area contributed by atoms with E-state index in [2.05, 4.69) is 15.3 Å². The number of hydrogen-bond acceptors (Lipinski definition) is 7. The Morgan fingerprint density at radius 1 is 1.42 bits per heavy atom. The van der Waals surface area contributed by atoms with Crippen LogP contribution in [-0.4, -0.2) is 32.6 Å². The van der Waals surface area contributed by atoms with E-state index in [-0.39, 0.29) is 18.3 Å². The SMILES string of the molecule is CCC(CO)Nc1ncnc2scc(-c3cccc([N+](=O)[O-])c3)c12. The van der Waals surface area contributed by atoms with E-state index >= 15 is 0 Å². The topological polar surface area (TPSA) is 101 Å². The molecule has 0 aliphatic rings. The number of nitro benzene ring substituents is 1. The summed E-state index contributed by atoms with van der Waals surface area (Å²) >= 11 is 1.46.